The summed E-state index contributed by atoms with van der Waals surface area (Å²) in [4.78, 5) is 119. The SMILES string of the molecule is CC(=O)/C=C/C(=O)C(C)(C)C.CC(C)(C)C(=O)CC(O)C[N+](C)(C)C.CC(C)(C)C(=O)[C@@H](N)Cc1c[nH]c2ccc(O)cc12.CC(C)(C)CCCc1c[nH]c2ccc(O)cc12.CC(C)(C)N1CN=C2NCC=C2C1=O.CC(C)(C)NCCS.CC/C=C\CC(=O)C(C)(C)C.CC/C=C\CC(C)(C)C(=O)C(C)C.COC(=O)/C=C/C(=O)C(C)(C)C.Cc1ncc(CO)c(CNC(C)(C)C)c1O. The lowest BCUT2D eigenvalue weighted by Crippen LogP contribution is -2.50. The highest BCUT2D eigenvalue weighted by Crippen LogP contribution is 2.32. The van der Waals surface area contributed by atoms with E-state index in [0.29, 0.717) is 71.1 Å². The van der Waals surface area contributed by atoms with E-state index in [1.165, 1.54) is 50.7 Å². The number of nitrogens with one attached hydrogen (secondary N) is 5. The van der Waals surface area contributed by atoms with Crippen LogP contribution in [-0.4, -0.2) is 197 Å². The summed E-state index contributed by atoms with van der Waals surface area (Å²) in [7, 11) is 7.29. The number of carbonyl (C=O) groups is 9. The number of rotatable bonds is 27. The van der Waals surface area contributed by atoms with Crippen molar-refractivity contribution >= 4 is 92.6 Å². The number of ether oxygens (including phenoxy) is 1. The van der Waals surface area contributed by atoms with Gasteiger partial charge in [0.15, 0.2) is 23.1 Å². The smallest absolute Gasteiger partial charge is 0.330 e. The maximum atomic E-state index is 12.1. The van der Waals surface area contributed by atoms with Crippen molar-refractivity contribution in [3.05, 3.63) is 143 Å². The number of aromatic amines is 2. The van der Waals surface area contributed by atoms with Gasteiger partial charge in [0.25, 0.3) is 5.91 Å². The number of methoxy groups -OCH3 is 1. The molecule has 5 heterocycles. The van der Waals surface area contributed by atoms with Crippen molar-refractivity contribution in [2.75, 3.05) is 60.3 Å². The highest BCUT2D eigenvalue weighted by Gasteiger charge is 2.36. The van der Waals surface area contributed by atoms with Crippen LogP contribution in [0.5, 0.6) is 17.2 Å². The summed E-state index contributed by atoms with van der Waals surface area (Å²) in [6.45, 7) is 72.0. The molecule has 0 saturated carbocycles. The molecular weight excluding hydrogens is 1720 g/mol. The normalized spacial score (nSPS) is 13.6. The Balaban J connectivity index is -0.00000145. The van der Waals surface area contributed by atoms with Crippen molar-refractivity contribution in [1.82, 2.24) is 35.8 Å². The number of likely N-dealkylation sites (N-methyl/N-ethyl adjacent to an activating group) is 1. The third-order valence-electron chi connectivity index (χ3n) is 20.3. The van der Waals surface area contributed by atoms with Gasteiger partial charge in [0, 0.05) is 151 Å². The number of aliphatic hydroxyl groups excluding tert-OH is 2. The minimum Gasteiger partial charge on any atom is -0.508 e. The molecule has 0 bridgehead atoms. The number of nitrogens with two attached hydrogens (primary N) is 1. The first-order valence-electron chi connectivity index (χ1n) is 47.3. The average Bonchev–Trinajstić information content (AvgIpc) is 1.73. The number of carbonyl (C=O) groups excluding carboxylic acids is 9. The van der Waals surface area contributed by atoms with Gasteiger partial charge in [0.2, 0.25) is 0 Å². The number of amidine groups is 1. The summed E-state index contributed by atoms with van der Waals surface area (Å²) in [6.07, 6.45) is 27.8. The Morgan fingerprint density at radius 2 is 1.12 bits per heavy atom. The molecule has 0 saturated heterocycles. The molecule has 764 valence electrons. The molecular formula is C109H183N10O15S+. The number of aliphatic hydroxyl groups is 2. The minimum atomic E-state index is -0.527. The van der Waals surface area contributed by atoms with Crippen LogP contribution in [0, 0.1) is 50.7 Å². The van der Waals surface area contributed by atoms with Crippen LogP contribution < -0.4 is 21.7 Å². The van der Waals surface area contributed by atoms with Gasteiger partial charge in [0.05, 0.1) is 52.2 Å². The molecule has 12 N–H and O–H groups in total. The predicted molar refractivity (Wildman–Crippen MR) is 562 cm³/mol. The van der Waals surface area contributed by atoms with E-state index in [2.05, 4.69) is 148 Å². The fourth-order valence-electron chi connectivity index (χ4n) is 12.1. The molecule has 2 aliphatic heterocycles. The molecule has 26 heteroatoms. The van der Waals surface area contributed by atoms with Gasteiger partial charge in [-0.15, -0.1) is 0 Å². The highest BCUT2D eigenvalue weighted by molar-refractivity contribution is 7.80. The third-order valence-corrected chi connectivity index (χ3v) is 20.6. The Morgan fingerprint density at radius 3 is 1.53 bits per heavy atom. The van der Waals surface area contributed by atoms with Gasteiger partial charge in [-0.05, 0) is 198 Å². The second kappa shape index (κ2) is 59.3. The molecule has 7 rings (SSSR count). The van der Waals surface area contributed by atoms with E-state index in [4.69, 9.17) is 5.73 Å². The first kappa shape index (κ1) is 130. The summed E-state index contributed by atoms with van der Waals surface area (Å²) >= 11 is 4.07. The maximum absolute atomic E-state index is 12.1. The molecule has 1 unspecified atom stereocenters. The molecule has 0 fully saturated rings. The quantitative estimate of drug-likeness (QED) is 0.00764. The number of phenolic OH excluding ortho intramolecular Hbond substituents is 2. The van der Waals surface area contributed by atoms with Crippen LogP contribution in [0.15, 0.2) is 120 Å². The number of aliphatic imine (C=N–C) groups is 1. The summed E-state index contributed by atoms with van der Waals surface area (Å²) in [5.41, 5.74) is 11.5. The first-order valence-corrected chi connectivity index (χ1v) is 47.9. The van der Waals surface area contributed by atoms with Gasteiger partial charge >= 0.3 is 5.97 Å². The summed E-state index contributed by atoms with van der Waals surface area (Å²) in [5, 5.41) is 59.5. The topological polar surface area (TPSA) is 386 Å². The van der Waals surface area contributed by atoms with Gasteiger partial charge in [-0.25, -0.2) is 9.79 Å². The van der Waals surface area contributed by atoms with Gasteiger partial charge in [-0.2, -0.15) is 12.6 Å². The van der Waals surface area contributed by atoms with Crippen molar-refractivity contribution < 1.29 is 77.9 Å². The van der Waals surface area contributed by atoms with Crippen LogP contribution in [0.25, 0.3) is 21.8 Å². The fraction of sp³-hybridized carbons (Fsp3) is 0.624. The number of phenols is 2. The number of aryl methyl sites for hydroxylation is 2. The zero-order valence-corrected chi connectivity index (χ0v) is 91.5. The van der Waals surface area contributed by atoms with E-state index in [0.717, 1.165) is 94.9 Å². The largest absolute Gasteiger partial charge is 0.508 e. The number of Topliss-reactive ketones (excluding diaryl/α,β-unsaturated/α-hetero) is 4. The van der Waals surface area contributed by atoms with Crippen molar-refractivity contribution in [1.29, 1.82) is 0 Å². The zero-order chi connectivity index (χ0) is 106. The molecule has 0 aliphatic carbocycles. The number of hydrogen-bond acceptors (Lipinski definition) is 22. The number of esters is 1. The van der Waals surface area contributed by atoms with Crippen molar-refractivity contribution in [3.8, 4) is 17.2 Å². The fourth-order valence-corrected chi connectivity index (χ4v) is 12.2. The van der Waals surface area contributed by atoms with Crippen LogP contribution in [0.4, 0.5) is 0 Å². The molecule has 2 aliphatic rings. The Kier molecular flexibility index (Phi) is 57.2. The number of hydrogen-bond donors (Lipinski definition) is 12. The monoisotopic (exact) mass is 1900 g/mol. The number of allylic oxidation sites excluding steroid dienone is 7. The number of aromatic hydroxyl groups is 3. The maximum Gasteiger partial charge on any atom is 0.330 e. The number of pyridine rings is 1. The second-order valence-corrected chi connectivity index (χ2v) is 46.1. The number of amides is 1. The van der Waals surface area contributed by atoms with Gasteiger partial charge < -0.3 is 71.3 Å². The van der Waals surface area contributed by atoms with Crippen LogP contribution in [0.3, 0.4) is 0 Å². The van der Waals surface area contributed by atoms with E-state index in [9.17, 15) is 68.7 Å². The molecule has 1 amide bonds. The van der Waals surface area contributed by atoms with Crippen LogP contribution in [0.2, 0.25) is 0 Å². The summed E-state index contributed by atoms with van der Waals surface area (Å²) < 4.78 is 5.01. The molecule has 2 aromatic carbocycles. The lowest BCUT2D eigenvalue weighted by Gasteiger charge is -2.36. The number of fused-ring (bicyclic) bond motifs is 3. The molecule has 2 atom stereocenters. The number of aromatic nitrogens is 3. The third kappa shape index (κ3) is 57.7. The zero-order valence-electron chi connectivity index (χ0n) is 90.6. The minimum absolute atomic E-state index is 0.0206. The summed E-state index contributed by atoms with van der Waals surface area (Å²) in [6, 6.07) is 10.1. The number of benzene rings is 2. The van der Waals surface area contributed by atoms with E-state index in [-0.39, 0.29) is 104 Å². The highest BCUT2D eigenvalue weighted by atomic mass is 32.1. The standard InChI is InChI=1S/C15H20N2O2.C15H21NO.C12H20N2O2.C12H22O.C11H24NO2.C10H15N3O.C10H18O.C9H14O3.C9H14O2.C6H15NS/c1-15(2,3)14(19)12(16)6-9-8-17-13-5-4-10(18)7-11(9)13;1-15(2,3)8-4-5-11-10-16-14-7-6-12(17)9-13(11)14;1-8-11(16)10(6-14-12(2,3)4)9(7-15)5-13-8;1-6-7-8-9-12(4,5)11(13)10(2)3;1-11(2,3)10(14)7-9(13)8-12(4,5)6;1-10(2,3)13-6-12-8-7(9(13)14)4-5-11-8;1-5-6-7-8-9(11)10(2,3)4;1-9(2,3)7(10)5-6-8(11)12-4;1-7(10)5-6-8(11)9(2,3)4;1-6(2,3)7-4-5-8/h4-5,7-8,12,17-18H,6,16H2,1-3H3;6-7,9-10,16-17H,4-5,8H2,1-3H3;5,14-16H,6-7H2,1-4H3;7-8,10H,6,9H2,1-5H3;9,13H,7-8H2,1-6H3;4H,5-6H2,1-3H3,(H,11,12);6-7H,5,8H2,1-4H3;5-6H,1-4H3;5-6H,1-4H3;7-8H,4-5H2,1-3H3/q;;;;+1;;;;;/b;;;8-7-;;;7-6-;2*6-5+;/t12-;;;;;;;;;/m0........./s1. The molecule has 25 nitrogen and oxygen atoms in total. The molecule has 0 spiro atoms. The first-order chi connectivity index (χ1) is 61.3. The lowest BCUT2D eigenvalue weighted by molar-refractivity contribution is -0.873. The average molecular weight is 1910 g/mol. The second-order valence-electron chi connectivity index (χ2n) is 45.6. The molecule has 0 radical (unpaired) electrons. The molecule has 3 aromatic heterocycles. The van der Waals surface area contributed by atoms with Gasteiger partial charge in [-0.1, -0.05) is 190 Å². The van der Waals surface area contributed by atoms with Crippen LogP contribution in [0.1, 0.15) is 308 Å². The van der Waals surface area contributed by atoms with Crippen LogP contribution >= 0.6 is 12.6 Å². The Bertz CT molecular complexity index is 4690. The lowest BCUT2D eigenvalue weighted by atomic mass is 9.79. The van der Waals surface area contributed by atoms with E-state index < -0.39 is 28.9 Å². The van der Waals surface area contributed by atoms with E-state index in [1.807, 2.05) is 195 Å². The Labute approximate surface area is 819 Å². The molecule has 135 heavy (non-hydrogen) atoms. The number of H-pyrrole nitrogens is 2. The number of quaternary nitrogens is 1. The van der Waals surface area contributed by atoms with E-state index >= 15 is 0 Å². The Hall–Kier alpha value is -9.02. The van der Waals surface area contributed by atoms with Gasteiger partial charge in [0.1, 0.15) is 59.8 Å². The predicted octanol–water partition coefficient (Wildman–Crippen LogP) is 20.6. The number of thiol groups is 1. The Morgan fingerprint density at radius 1 is 0.637 bits per heavy atom. The molecule has 5 aromatic rings. The number of ketones is 7. The van der Waals surface area contributed by atoms with E-state index in [1.54, 1.807) is 57.0 Å². The van der Waals surface area contributed by atoms with Gasteiger partial charge in [-0.3, -0.25) is 43.3 Å². The van der Waals surface area contributed by atoms with Crippen molar-refractivity contribution in [3.63, 3.8) is 0 Å². The van der Waals surface area contributed by atoms with Crippen LogP contribution in [-0.2, 0) is 73.9 Å². The number of nitrogens with zero attached hydrogens (tertiary/aromatic N) is 4. The van der Waals surface area contributed by atoms with Crippen molar-refractivity contribution in [2.45, 2.75) is 342 Å². The van der Waals surface area contributed by atoms with Crippen molar-refractivity contribution in [2.24, 2.45) is 54.5 Å². The summed E-state index contributed by atoms with van der Waals surface area (Å²) in [5.74, 6) is 2.75.